The molecule has 1 aliphatic heterocycles. The topological polar surface area (TPSA) is 20.3 Å². The minimum absolute atomic E-state index is 0.0304. The van der Waals surface area contributed by atoms with Crippen LogP contribution >= 0.6 is 0 Å². The molecule has 0 N–H and O–H groups in total. The van der Waals surface area contributed by atoms with Crippen molar-refractivity contribution in [3.8, 4) is 0 Å². The monoisotopic (exact) mass is 275 g/mol. The molecule has 104 valence electrons. The highest BCUT2D eigenvalue weighted by Gasteiger charge is 2.43. The summed E-state index contributed by atoms with van der Waals surface area (Å²) in [5, 5.41) is 0. The Bertz CT molecular complexity index is 498. The second-order valence-corrected chi connectivity index (χ2v) is 4.70. The number of nitrogens with zero attached hydrogens (tertiary/aromatic N) is 1. The molecular formula is C13H13F4NO. The number of hydrogen-bond acceptors (Lipinski definition) is 2. The fourth-order valence-electron chi connectivity index (χ4n) is 2.23. The van der Waals surface area contributed by atoms with Crippen molar-refractivity contribution >= 4 is 11.5 Å². The summed E-state index contributed by atoms with van der Waals surface area (Å²) < 4.78 is 51.5. The zero-order valence-corrected chi connectivity index (χ0v) is 10.3. The van der Waals surface area contributed by atoms with Gasteiger partial charge in [-0.3, -0.25) is 4.79 Å². The summed E-state index contributed by atoms with van der Waals surface area (Å²) >= 11 is 0. The van der Waals surface area contributed by atoms with Crippen molar-refractivity contribution in [3.63, 3.8) is 0 Å². The third-order valence-electron chi connectivity index (χ3n) is 3.35. The van der Waals surface area contributed by atoms with E-state index in [1.54, 1.807) is 0 Å². The van der Waals surface area contributed by atoms with E-state index in [4.69, 9.17) is 0 Å². The van der Waals surface area contributed by atoms with Crippen LogP contribution in [0.15, 0.2) is 18.2 Å². The molecule has 0 saturated carbocycles. The summed E-state index contributed by atoms with van der Waals surface area (Å²) in [6, 6.07) is 3.87. The lowest BCUT2D eigenvalue weighted by Gasteiger charge is -2.20. The van der Waals surface area contributed by atoms with Gasteiger partial charge < -0.3 is 4.90 Å². The first-order chi connectivity index (χ1) is 8.79. The molecule has 1 aromatic carbocycles. The van der Waals surface area contributed by atoms with Crippen molar-refractivity contribution in [1.29, 1.82) is 0 Å². The lowest BCUT2D eigenvalue weighted by molar-refractivity contribution is -0.168. The van der Waals surface area contributed by atoms with Gasteiger partial charge in [0.05, 0.1) is 11.6 Å². The van der Waals surface area contributed by atoms with Crippen LogP contribution in [0.25, 0.3) is 0 Å². The Kier molecular flexibility index (Phi) is 3.52. The molecule has 0 aromatic heterocycles. The summed E-state index contributed by atoms with van der Waals surface area (Å²) in [4.78, 5) is 12.5. The van der Waals surface area contributed by atoms with Crippen LogP contribution in [0.1, 0.15) is 23.7 Å². The van der Waals surface area contributed by atoms with E-state index in [-0.39, 0.29) is 36.5 Å². The second-order valence-electron chi connectivity index (χ2n) is 4.70. The van der Waals surface area contributed by atoms with Crippen LogP contribution in [0.3, 0.4) is 0 Å². The molecule has 6 heteroatoms. The van der Waals surface area contributed by atoms with Gasteiger partial charge in [-0.2, -0.15) is 13.2 Å². The maximum atomic E-state index is 13.8. The maximum Gasteiger partial charge on any atom is 0.393 e. The molecule has 0 radical (unpaired) electrons. The number of hydrogen-bond donors (Lipinski definition) is 0. The lowest BCUT2D eigenvalue weighted by atomic mass is 10.1. The van der Waals surface area contributed by atoms with Gasteiger partial charge in [-0.25, -0.2) is 4.39 Å². The zero-order chi connectivity index (χ0) is 14.2. The number of anilines is 1. The van der Waals surface area contributed by atoms with E-state index in [1.165, 1.54) is 24.0 Å². The van der Waals surface area contributed by atoms with Gasteiger partial charge in [0.15, 0.2) is 5.78 Å². The third-order valence-corrected chi connectivity index (χ3v) is 3.35. The smallest absolute Gasteiger partial charge is 0.369 e. The van der Waals surface area contributed by atoms with Gasteiger partial charge in [-0.1, -0.05) is 0 Å². The van der Waals surface area contributed by atoms with Crippen LogP contribution in [0, 0.1) is 11.7 Å². The Morgan fingerprint density at radius 3 is 2.53 bits per heavy atom. The average Bonchev–Trinajstić information content (AvgIpc) is 2.77. The number of alkyl halides is 3. The molecular weight excluding hydrogens is 262 g/mol. The van der Waals surface area contributed by atoms with E-state index in [0.29, 0.717) is 0 Å². The average molecular weight is 275 g/mol. The number of rotatable bonds is 2. The first-order valence-electron chi connectivity index (χ1n) is 5.91. The van der Waals surface area contributed by atoms with Gasteiger partial charge in [0.2, 0.25) is 0 Å². The number of Topliss-reactive ketones (excluding diaryl/α,β-unsaturated/α-hetero) is 1. The molecule has 0 spiro atoms. The van der Waals surface area contributed by atoms with Gasteiger partial charge in [-0.15, -0.1) is 0 Å². The van der Waals surface area contributed by atoms with E-state index in [9.17, 15) is 22.4 Å². The number of carbonyl (C=O) groups excluding carboxylic acids is 1. The Morgan fingerprint density at radius 2 is 2.05 bits per heavy atom. The minimum Gasteiger partial charge on any atom is -0.369 e. The fourth-order valence-corrected chi connectivity index (χ4v) is 2.23. The van der Waals surface area contributed by atoms with Crippen molar-refractivity contribution in [3.05, 3.63) is 29.6 Å². The molecule has 0 aliphatic carbocycles. The van der Waals surface area contributed by atoms with Crippen molar-refractivity contribution in [1.82, 2.24) is 0 Å². The second kappa shape index (κ2) is 4.83. The van der Waals surface area contributed by atoms with Crippen LogP contribution in [-0.2, 0) is 0 Å². The molecule has 1 heterocycles. The SMILES string of the molecule is CC(=O)c1ccc(N2CCC(C(F)(F)F)C2)c(F)c1. The van der Waals surface area contributed by atoms with E-state index in [2.05, 4.69) is 0 Å². The first-order valence-corrected chi connectivity index (χ1v) is 5.91. The van der Waals surface area contributed by atoms with Gasteiger partial charge in [0.1, 0.15) is 5.82 Å². The van der Waals surface area contributed by atoms with E-state index < -0.39 is 17.9 Å². The molecule has 1 aromatic rings. The zero-order valence-electron chi connectivity index (χ0n) is 10.3. The Morgan fingerprint density at radius 1 is 1.37 bits per heavy atom. The van der Waals surface area contributed by atoms with E-state index in [1.807, 2.05) is 0 Å². The summed E-state index contributed by atoms with van der Waals surface area (Å²) in [6.45, 7) is 1.24. The molecule has 1 unspecified atom stereocenters. The Hall–Kier alpha value is -1.59. The number of halogens is 4. The first kappa shape index (κ1) is 13.8. The predicted molar refractivity (Wildman–Crippen MR) is 62.8 cm³/mol. The van der Waals surface area contributed by atoms with Crippen LogP contribution in [0.5, 0.6) is 0 Å². The van der Waals surface area contributed by atoms with Gasteiger partial charge in [0, 0.05) is 18.7 Å². The summed E-state index contributed by atoms with van der Waals surface area (Å²) in [6.07, 6.45) is -4.28. The van der Waals surface area contributed by atoms with Gasteiger partial charge in [0.25, 0.3) is 0 Å². The normalized spacial score (nSPS) is 19.8. The number of carbonyl (C=O) groups is 1. The minimum atomic E-state index is -4.25. The fraction of sp³-hybridized carbons (Fsp3) is 0.462. The molecule has 1 saturated heterocycles. The Balaban J connectivity index is 2.18. The van der Waals surface area contributed by atoms with Crippen LogP contribution in [-0.4, -0.2) is 25.0 Å². The number of benzene rings is 1. The summed E-state index contributed by atoms with van der Waals surface area (Å²) in [5.41, 5.74) is 0.338. The highest BCUT2D eigenvalue weighted by atomic mass is 19.4. The highest BCUT2D eigenvalue weighted by molar-refractivity contribution is 5.94. The molecule has 1 atom stereocenters. The van der Waals surface area contributed by atoms with E-state index in [0.717, 1.165) is 6.07 Å². The molecule has 0 amide bonds. The molecule has 1 aliphatic rings. The third kappa shape index (κ3) is 2.88. The predicted octanol–water partition coefficient (Wildman–Crippen LogP) is 3.42. The van der Waals surface area contributed by atoms with Crippen LogP contribution in [0.4, 0.5) is 23.2 Å². The van der Waals surface area contributed by atoms with E-state index >= 15 is 0 Å². The molecule has 0 bridgehead atoms. The largest absolute Gasteiger partial charge is 0.393 e. The van der Waals surface area contributed by atoms with Crippen LogP contribution in [0.2, 0.25) is 0 Å². The molecule has 2 rings (SSSR count). The van der Waals surface area contributed by atoms with Gasteiger partial charge >= 0.3 is 6.18 Å². The van der Waals surface area contributed by atoms with Gasteiger partial charge in [-0.05, 0) is 31.5 Å². The molecule has 1 fully saturated rings. The van der Waals surface area contributed by atoms with Crippen molar-refractivity contribution in [2.75, 3.05) is 18.0 Å². The van der Waals surface area contributed by atoms with Crippen molar-refractivity contribution in [2.45, 2.75) is 19.5 Å². The highest BCUT2D eigenvalue weighted by Crippen LogP contribution is 2.36. The summed E-state index contributed by atoms with van der Waals surface area (Å²) in [5.74, 6) is -2.35. The van der Waals surface area contributed by atoms with Crippen LogP contribution < -0.4 is 4.90 Å². The Labute approximate surface area is 108 Å². The number of ketones is 1. The summed E-state index contributed by atoms with van der Waals surface area (Å²) in [7, 11) is 0. The van der Waals surface area contributed by atoms with Crippen molar-refractivity contribution < 1.29 is 22.4 Å². The quantitative estimate of drug-likeness (QED) is 0.609. The molecule has 19 heavy (non-hydrogen) atoms. The maximum absolute atomic E-state index is 13.8. The lowest BCUT2D eigenvalue weighted by Crippen LogP contribution is -2.27. The standard InChI is InChI=1S/C13H13F4NO/c1-8(19)9-2-3-12(11(14)6-9)18-5-4-10(7-18)13(15,16)17/h2-3,6,10H,4-5,7H2,1H3. The molecule has 2 nitrogen and oxygen atoms in total. The van der Waals surface area contributed by atoms with Crippen molar-refractivity contribution in [2.24, 2.45) is 5.92 Å².